The van der Waals surface area contributed by atoms with Crippen molar-refractivity contribution in [3.8, 4) is 0 Å². The van der Waals surface area contributed by atoms with Gasteiger partial charge >= 0.3 is 5.97 Å². The second-order valence-corrected chi connectivity index (χ2v) is 3.52. The van der Waals surface area contributed by atoms with Crippen molar-refractivity contribution in [1.82, 2.24) is 0 Å². The number of aliphatic hydroxyl groups excluding tert-OH is 1. The second-order valence-electron chi connectivity index (χ2n) is 3.52. The van der Waals surface area contributed by atoms with Crippen molar-refractivity contribution in [3.63, 3.8) is 0 Å². The summed E-state index contributed by atoms with van der Waals surface area (Å²) in [5.74, 6) is -1.23. The molecule has 0 heterocycles. The Bertz CT molecular complexity index is 224. The fourth-order valence-corrected chi connectivity index (χ4v) is 1.74. The van der Waals surface area contributed by atoms with Gasteiger partial charge in [0.1, 0.15) is 5.78 Å². The SMILES string of the molecule is CCOC(=O)[C@@H](O)[C@H]1CCCCC1=O. The molecule has 1 aliphatic carbocycles. The lowest BCUT2D eigenvalue weighted by Gasteiger charge is -2.23. The molecular weight excluding hydrogens is 184 g/mol. The summed E-state index contributed by atoms with van der Waals surface area (Å²) in [4.78, 5) is 22.5. The number of aliphatic hydroxyl groups is 1. The first-order chi connectivity index (χ1) is 6.66. The van der Waals surface area contributed by atoms with Gasteiger partial charge in [0.2, 0.25) is 0 Å². The van der Waals surface area contributed by atoms with Crippen molar-refractivity contribution in [2.75, 3.05) is 6.61 Å². The number of esters is 1. The van der Waals surface area contributed by atoms with Gasteiger partial charge in [-0.15, -0.1) is 0 Å². The van der Waals surface area contributed by atoms with Gasteiger partial charge in [-0.3, -0.25) is 4.79 Å². The largest absolute Gasteiger partial charge is 0.464 e. The van der Waals surface area contributed by atoms with Gasteiger partial charge in [-0.05, 0) is 19.8 Å². The lowest BCUT2D eigenvalue weighted by molar-refractivity contribution is -0.159. The summed E-state index contributed by atoms with van der Waals surface area (Å²) in [7, 11) is 0. The number of hydrogen-bond acceptors (Lipinski definition) is 4. The van der Waals surface area contributed by atoms with E-state index in [9.17, 15) is 14.7 Å². The molecule has 2 atom stereocenters. The average Bonchev–Trinajstić information content (AvgIpc) is 2.18. The van der Waals surface area contributed by atoms with E-state index in [2.05, 4.69) is 4.74 Å². The number of rotatable bonds is 3. The number of carbonyl (C=O) groups is 2. The summed E-state index contributed by atoms with van der Waals surface area (Å²) < 4.78 is 4.66. The van der Waals surface area contributed by atoms with E-state index in [-0.39, 0.29) is 12.4 Å². The first kappa shape index (κ1) is 11.2. The zero-order valence-corrected chi connectivity index (χ0v) is 8.36. The lowest BCUT2D eigenvalue weighted by atomic mass is 9.84. The molecule has 0 aromatic carbocycles. The maximum atomic E-state index is 11.4. The molecule has 80 valence electrons. The van der Waals surface area contributed by atoms with Crippen molar-refractivity contribution in [3.05, 3.63) is 0 Å². The summed E-state index contributed by atoms with van der Waals surface area (Å²) in [6.45, 7) is 1.91. The number of carbonyl (C=O) groups excluding carboxylic acids is 2. The maximum Gasteiger partial charge on any atom is 0.335 e. The van der Waals surface area contributed by atoms with Gasteiger partial charge < -0.3 is 9.84 Å². The zero-order chi connectivity index (χ0) is 10.6. The highest BCUT2D eigenvalue weighted by Crippen LogP contribution is 2.24. The predicted molar refractivity (Wildman–Crippen MR) is 49.6 cm³/mol. The fraction of sp³-hybridized carbons (Fsp3) is 0.800. The molecule has 1 saturated carbocycles. The molecule has 0 spiro atoms. The van der Waals surface area contributed by atoms with Gasteiger partial charge in [0.15, 0.2) is 6.10 Å². The van der Waals surface area contributed by atoms with E-state index in [1.54, 1.807) is 6.92 Å². The first-order valence-corrected chi connectivity index (χ1v) is 5.04. The van der Waals surface area contributed by atoms with Crippen LogP contribution < -0.4 is 0 Å². The smallest absolute Gasteiger partial charge is 0.335 e. The molecule has 0 bridgehead atoms. The normalized spacial score (nSPS) is 24.4. The molecule has 0 aromatic heterocycles. The molecule has 1 fully saturated rings. The number of ketones is 1. The van der Waals surface area contributed by atoms with Crippen molar-refractivity contribution in [1.29, 1.82) is 0 Å². The summed E-state index contributed by atoms with van der Waals surface area (Å²) >= 11 is 0. The van der Waals surface area contributed by atoms with Crippen LogP contribution in [0, 0.1) is 5.92 Å². The molecular formula is C10H16O4. The predicted octanol–water partition coefficient (Wildman–Crippen LogP) is 0.670. The van der Waals surface area contributed by atoms with Gasteiger partial charge in [0.05, 0.1) is 12.5 Å². The number of ether oxygens (including phenoxy) is 1. The van der Waals surface area contributed by atoms with Crippen LogP contribution in [0.3, 0.4) is 0 Å². The minimum absolute atomic E-state index is 0.0168. The Morgan fingerprint density at radius 3 is 2.93 bits per heavy atom. The minimum atomic E-state index is -1.26. The van der Waals surface area contributed by atoms with Crippen LogP contribution >= 0.6 is 0 Å². The first-order valence-electron chi connectivity index (χ1n) is 5.04. The highest BCUT2D eigenvalue weighted by molar-refractivity contribution is 5.88. The quantitative estimate of drug-likeness (QED) is 0.680. The molecule has 1 N–H and O–H groups in total. The Hall–Kier alpha value is -0.900. The van der Waals surface area contributed by atoms with E-state index in [1.807, 2.05) is 0 Å². The number of Topliss-reactive ketones (excluding diaryl/α,β-unsaturated/α-hetero) is 1. The molecule has 0 amide bonds. The van der Waals surface area contributed by atoms with E-state index >= 15 is 0 Å². The Balaban J connectivity index is 2.53. The molecule has 1 aliphatic rings. The molecule has 4 heteroatoms. The average molecular weight is 200 g/mol. The van der Waals surface area contributed by atoms with Crippen LogP contribution in [0.25, 0.3) is 0 Å². The van der Waals surface area contributed by atoms with Gasteiger partial charge in [-0.25, -0.2) is 4.79 Å². The van der Waals surface area contributed by atoms with Crippen molar-refractivity contribution in [2.24, 2.45) is 5.92 Å². The lowest BCUT2D eigenvalue weighted by Crippen LogP contribution is -2.37. The second kappa shape index (κ2) is 5.10. The summed E-state index contributed by atoms with van der Waals surface area (Å²) in [6, 6.07) is 0. The minimum Gasteiger partial charge on any atom is -0.464 e. The van der Waals surface area contributed by atoms with E-state index in [0.29, 0.717) is 12.8 Å². The van der Waals surface area contributed by atoms with Gasteiger partial charge in [0, 0.05) is 6.42 Å². The van der Waals surface area contributed by atoms with Crippen LogP contribution in [0.1, 0.15) is 32.6 Å². The molecule has 0 radical (unpaired) electrons. The van der Waals surface area contributed by atoms with E-state index in [0.717, 1.165) is 12.8 Å². The molecule has 14 heavy (non-hydrogen) atoms. The fourth-order valence-electron chi connectivity index (χ4n) is 1.74. The van der Waals surface area contributed by atoms with Crippen molar-refractivity contribution >= 4 is 11.8 Å². The van der Waals surface area contributed by atoms with Gasteiger partial charge in [-0.1, -0.05) is 6.42 Å². The monoisotopic (exact) mass is 200 g/mol. The third-order valence-electron chi connectivity index (χ3n) is 2.51. The topological polar surface area (TPSA) is 63.6 Å². The van der Waals surface area contributed by atoms with Crippen molar-refractivity contribution in [2.45, 2.75) is 38.7 Å². The van der Waals surface area contributed by atoms with Crippen LogP contribution in [0.5, 0.6) is 0 Å². The third kappa shape index (κ3) is 2.54. The number of hydrogen-bond donors (Lipinski definition) is 1. The molecule has 0 saturated heterocycles. The summed E-state index contributed by atoms with van der Waals surface area (Å²) in [6.07, 6.45) is 1.57. The Labute approximate surface area is 83.2 Å². The molecule has 1 rings (SSSR count). The Morgan fingerprint density at radius 2 is 2.36 bits per heavy atom. The highest BCUT2D eigenvalue weighted by Gasteiger charge is 2.34. The maximum absolute atomic E-state index is 11.4. The van der Waals surface area contributed by atoms with Crippen LogP contribution in [0.2, 0.25) is 0 Å². The molecule has 0 unspecified atom stereocenters. The third-order valence-corrected chi connectivity index (χ3v) is 2.51. The van der Waals surface area contributed by atoms with Crippen LogP contribution in [-0.2, 0) is 14.3 Å². The van der Waals surface area contributed by atoms with E-state index in [4.69, 9.17) is 0 Å². The summed E-state index contributed by atoms with van der Waals surface area (Å²) in [5.41, 5.74) is 0. The van der Waals surface area contributed by atoms with E-state index in [1.165, 1.54) is 0 Å². The molecule has 0 aliphatic heterocycles. The van der Waals surface area contributed by atoms with Crippen LogP contribution in [-0.4, -0.2) is 29.6 Å². The Morgan fingerprint density at radius 1 is 1.64 bits per heavy atom. The van der Waals surface area contributed by atoms with Gasteiger partial charge in [0.25, 0.3) is 0 Å². The van der Waals surface area contributed by atoms with Gasteiger partial charge in [-0.2, -0.15) is 0 Å². The summed E-state index contributed by atoms with van der Waals surface area (Å²) in [5, 5.41) is 9.55. The zero-order valence-electron chi connectivity index (χ0n) is 8.36. The highest BCUT2D eigenvalue weighted by atomic mass is 16.5. The standard InChI is InChI=1S/C10H16O4/c1-2-14-10(13)9(12)7-5-3-4-6-8(7)11/h7,9,12H,2-6H2,1H3/t7-,9-/m0/s1. The Kier molecular flexibility index (Phi) is 4.07. The molecule has 4 nitrogen and oxygen atoms in total. The molecule has 0 aromatic rings. The van der Waals surface area contributed by atoms with Crippen LogP contribution in [0.15, 0.2) is 0 Å². The van der Waals surface area contributed by atoms with Crippen LogP contribution in [0.4, 0.5) is 0 Å². The van der Waals surface area contributed by atoms with Crippen molar-refractivity contribution < 1.29 is 19.4 Å². The van der Waals surface area contributed by atoms with E-state index < -0.39 is 18.0 Å².